The molecule has 0 radical (unpaired) electrons. The minimum Gasteiger partial charge on any atom is -0.462 e. The summed E-state index contributed by atoms with van der Waals surface area (Å²) in [6.45, 7) is 6.48. The third kappa shape index (κ3) is 66.6. The average molecular weight is 1140 g/mol. The van der Waals surface area contributed by atoms with Crippen molar-refractivity contribution in [2.45, 2.75) is 329 Å². The van der Waals surface area contributed by atoms with Gasteiger partial charge in [0.1, 0.15) is 13.2 Å². The van der Waals surface area contributed by atoms with Gasteiger partial charge in [-0.1, -0.05) is 290 Å². The molecule has 0 aromatic heterocycles. The number of carbonyl (C=O) groups is 3. The molecule has 0 bridgehead atoms. The molecule has 0 saturated heterocycles. The predicted octanol–water partition coefficient (Wildman–Crippen LogP) is 23.9. The van der Waals surface area contributed by atoms with Crippen LogP contribution in [0.1, 0.15) is 323 Å². The molecule has 0 fully saturated rings. The highest BCUT2D eigenvalue weighted by Gasteiger charge is 2.19. The van der Waals surface area contributed by atoms with Crippen LogP contribution in [0.15, 0.2) is 122 Å². The molecule has 0 saturated carbocycles. The first-order valence-corrected chi connectivity index (χ1v) is 34.5. The smallest absolute Gasteiger partial charge is 0.306 e. The first kappa shape index (κ1) is 77.8. The van der Waals surface area contributed by atoms with Gasteiger partial charge >= 0.3 is 17.9 Å². The largest absolute Gasteiger partial charge is 0.462 e. The topological polar surface area (TPSA) is 78.9 Å². The summed E-state index contributed by atoms with van der Waals surface area (Å²) >= 11 is 0. The number of esters is 3. The molecule has 0 rings (SSSR count). The van der Waals surface area contributed by atoms with Gasteiger partial charge in [0, 0.05) is 19.3 Å². The molecule has 1 unspecified atom stereocenters. The van der Waals surface area contributed by atoms with Crippen LogP contribution in [0.5, 0.6) is 0 Å². The Kier molecular flexibility index (Phi) is 65.8. The lowest BCUT2D eigenvalue weighted by molar-refractivity contribution is -0.167. The third-order valence-electron chi connectivity index (χ3n) is 14.7. The molecule has 1 atom stereocenters. The maximum atomic E-state index is 12.9. The van der Waals surface area contributed by atoms with Gasteiger partial charge in [-0.3, -0.25) is 14.4 Å². The van der Waals surface area contributed by atoms with Crippen LogP contribution in [0.2, 0.25) is 0 Å². The van der Waals surface area contributed by atoms with Gasteiger partial charge in [0.25, 0.3) is 0 Å². The maximum absolute atomic E-state index is 12.9. The molecule has 82 heavy (non-hydrogen) atoms. The summed E-state index contributed by atoms with van der Waals surface area (Å²) in [6, 6.07) is 0. The predicted molar refractivity (Wildman–Crippen MR) is 357 cm³/mol. The van der Waals surface area contributed by atoms with E-state index in [1.807, 2.05) is 0 Å². The molecule has 0 aliphatic rings. The molecular weight excluding hydrogens is 1010 g/mol. The van der Waals surface area contributed by atoms with E-state index in [2.05, 4.69) is 142 Å². The van der Waals surface area contributed by atoms with Crippen LogP contribution in [0.4, 0.5) is 0 Å². The molecule has 468 valence electrons. The Hall–Kier alpha value is -4.19. The van der Waals surface area contributed by atoms with E-state index in [1.54, 1.807) is 0 Å². The Labute approximate surface area is 507 Å². The first-order chi connectivity index (χ1) is 40.5. The van der Waals surface area contributed by atoms with E-state index in [0.29, 0.717) is 19.3 Å². The normalized spacial score (nSPS) is 12.9. The number of allylic oxidation sites excluding steroid dienone is 20. The van der Waals surface area contributed by atoms with Crippen LogP contribution in [0.3, 0.4) is 0 Å². The SMILES string of the molecule is CC/C=C\C/C=C\C/C=C\C/C=C\C/C=C\C/C=C\CCCCC(=O)OC(COC(=O)CCCCCCC/C=C\CCCCCCC)COC(=O)CCCCCCCCCCCCCCCC/C=C\C/C=C\C/C=C\CCCCCCC. The average Bonchev–Trinajstić information content (AvgIpc) is 3.47. The van der Waals surface area contributed by atoms with Gasteiger partial charge in [0.2, 0.25) is 0 Å². The third-order valence-corrected chi connectivity index (χ3v) is 14.7. The summed E-state index contributed by atoms with van der Waals surface area (Å²) in [5, 5.41) is 0. The van der Waals surface area contributed by atoms with Crippen molar-refractivity contribution < 1.29 is 28.6 Å². The molecule has 0 heterocycles. The molecular formula is C76H128O6. The molecule has 0 aliphatic heterocycles. The monoisotopic (exact) mass is 1140 g/mol. The molecule has 0 spiro atoms. The summed E-state index contributed by atoms with van der Waals surface area (Å²) in [4.78, 5) is 38.4. The second kappa shape index (κ2) is 69.3. The van der Waals surface area contributed by atoms with E-state index in [9.17, 15) is 14.4 Å². The number of hydrogen-bond donors (Lipinski definition) is 0. The van der Waals surface area contributed by atoms with Crippen LogP contribution < -0.4 is 0 Å². The summed E-state index contributed by atoms with van der Waals surface area (Å²) in [5.41, 5.74) is 0. The van der Waals surface area contributed by atoms with Crippen molar-refractivity contribution in [1.82, 2.24) is 0 Å². The lowest BCUT2D eigenvalue weighted by atomic mass is 10.0. The molecule has 0 aromatic carbocycles. The minimum absolute atomic E-state index is 0.0996. The molecule has 0 aliphatic carbocycles. The van der Waals surface area contributed by atoms with E-state index < -0.39 is 6.10 Å². The van der Waals surface area contributed by atoms with Crippen LogP contribution in [-0.2, 0) is 28.6 Å². The van der Waals surface area contributed by atoms with Crippen LogP contribution in [0.25, 0.3) is 0 Å². The number of rotatable bonds is 62. The van der Waals surface area contributed by atoms with Gasteiger partial charge in [0.05, 0.1) is 0 Å². The van der Waals surface area contributed by atoms with Gasteiger partial charge < -0.3 is 14.2 Å². The van der Waals surface area contributed by atoms with E-state index in [-0.39, 0.29) is 37.5 Å². The number of ether oxygens (including phenoxy) is 3. The Morgan fingerprint density at radius 1 is 0.256 bits per heavy atom. The zero-order valence-electron chi connectivity index (χ0n) is 53.7. The number of carbonyl (C=O) groups excluding carboxylic acids is 3. The standard InChI is InChI=1S/C76H128O6/c1-4-7-10-13-16-19-22-25-28-30-32-34-35-36-37-38-39-40-41-43-44-46-48-51-54-57-60-63-66-69-75(78)81-72-73(71-80-74(77)68-65-62-59-56-53-50-27-24-21-18-15-12-9-6-3)82-76(79)70-67-64-61-58-55-52-49-47-45-42-33-31-29-26-23-20-17-14-11-8-5-2/h8,11,17,20,22,24-27,29-30,32-33,35-36,42,47,49,55,58,73H,4-7,9-10,12-16,18-19,21,23,28,31,34,37-41,43-46,48,50-54,56-57,59-72H2,1-3H3/b11-8-,20-17-,25-22-,27-24-,29-26-,32-30-,36-35-,42-33-,49-47-,58-55-. The van der Waals surface area contributed by atoms with E-state index in [0.717, 1.165) is 116 Å². The highest BCUT2D eigenvalue weighted by atomic mass is 16.6. The van der Waals surface area contributed by atoms with Crippen LogP contribution >= 0.6 is 0 Å². The molecule has 6 nitrogen and oxygen atoms in total. The highest BCUT2D eigenvalue weighted by Crippen LogP contribution is 2.16. The van der Waals surface area contributed by atoms with Crippen molar-refractivity contribution in [3.63, 3.8) is 0 Å². The molecule has 0 N–H and O–H groups in total. The Balaban J connectivity index is 4.36. The van der Waals surface area contributed by atoms with Gasteiger partial charge in [-0.2, -0.15) is 0 Å². The highest BCUT2D eigenvalue weighted by molar-refractivity contribution is 5.71. The molecule has 6 heteroatoms. The molecule has 0 aromatic rings. The van der Waals surface area contributed by atoms with Gasteiger partial charge in [0.15, 0.2) is 6.10 Å². The van der Waals surface area contributed by atoms with E-state index >= 15 is 0 Å². The van der Waals surface area contributed by atoms with Crippen molar-refractivity contribution in [2.75, 3.05) is 13.2 Å². The van der Waals surface area contributed by atoms with Crippen molar-refractivity contribution in [3.8, 4) is 0 Å². The number of unbranched alkanes of at least 4 members (excludes halogenated alkanes) is 31. The van der Waals surface area contributed by atoms with Crippen molar-refractivity contribution in [3.05, 3.63) is 122 Å². The lowest BCUT2D eigenvalue weighted by Gasteiger charge is -2.18. The Morgan fingerprint density at radius 3 is 0.780 bits per heavy atom. The summed E-state index contributed by atoms with van der Waals surface area (Å²) in [6.07, 6.45) is 96.5. The van der Waals surface area contributed by atoms with Crippen LogP contribution in [-0.4, -0.2) is 37.2 Å². The molecule has 0 amide bonds. The summed E-state index contributed by atoms with van der Waals surface area (Å²) in [7, 11) is 0. The number of hydrogen-bond acceptors (Lipinski definition) is 6. The Bertz CT molecular complexity index is 1690. The zero-order chi connectivity index (χ0) is 59.2. The Morgan fingerprint density at radius 2 is 0.476 bits per heavy atom. The van der Waals surface area contributed by atoms with Gasteiger partial charge in [-0.05, 0) is 135 Å². The van der Waals surface area contributed by atoms with Crippen molar-refractivity contribution in [2.24, 2.45) is 0 Å². The van der Waals surface area contributed by atoms with Crippen molar-refractivity contribution >= 4 is 17.9 Å². The quantitative estimate of drug-likeness (QED) is 0.0261. The van der Waals surface area contributed by atoms with Gasteiger partial charge in [-0.25, -0.2) is 0 Å². The minimum atomic E-state index is -0.809. The lowest BCUT2D eigenvalue weighted by Crippen LogP contribution is -2.30. The van der Waals surface area contributed by atoms with E-state index in [4.69, 9.17) is 14.2 Å². The summed E-state index contributed by atoms with van der Waals surface area (Å²) < 4.78 is 16.9. The second-order valence-corrected chi connectivity index (χ2v) is 22.7. The second-order valence-electron chi connectivity index (χ2n) is 22.7. The fraction of sp³-hybridized carbons (Fsp3) is 0.697. The summed E-state index contributed by atoms with van der Waals surface area (Å²) in [5.74, 6) is -0.945. The fourth-order valence-electron chi connectivity index (χ4n) is 9.51. The van der Waals surface area contributed by atoms with Crippen LogP contribution in [0, 0.1) is 0 Å². The van der Waals surface area contributed by atoms with Crippen molar-refractivity contribution in [1.29, 1.82) is 0 Å². The fourth-order valence-corrected chi connectivity index (χ4v) is 9.51. The zero-order valence-corrected chi connectivity index (χ0v) is 53.7. The van der Waals surface area contributed by atoms with E-state index in [1.165, 1.54) is 161 Å². The maximum Gasteiger partial charge on any atom is 0.306 e. The van der Waals surface area contributed by atoms with Gasteiger partial charge in [-0.15, -0.1) is 0 Å². The first-order valence-electron chi connectivity index (χ1n) is 34.5.